The molecule has 81 valence electrons. The topological polar surface area (TPSA) is 0 Å². The third-order valence-corrected chi connectivity index (χ3v) is 2.84. The zero-order valence-electron chi connectivity index (χ0n) is 9.69. The van der Waals surface area contributed by atoms with Gasteiger partial charge < -0.3 is 0 Å². The molecule has 0 aromatic heterocycles. The molecule has 0 atom stereocenters. The van der Waals surface area contributed by atoms with Gasteiger partial charge in [0.05, 0.1) is 0 Å². The molecule has 0 aliphatic rings. The van der Waals surface area contributed by atoms with Crippen molar-refractivity contribution in [1.82, 2.24) is 0 Å². The van der Waals surface area contributed by atoms with Crippen LogP contribution in [0.1, 0.15) is 23.6 Å². The van der Waals surface area contributed by atoms with Gasteiger partial charge in [0, 0.05) is 0 Å². The fourth-order valence-electron chi connectivity index (χ4n) is 1.90. The Morgan fingerprint density at radius 2 is 1.56 bits per heavy atom. The minimum Gasteiger partial charge on any atom is -0.0622 e. The Morgan fingerprint density at radius 1 is 0.875 bits per heavy atom. The van der Waals surface area contributed by atoms with Gasteiger partial charge in [-0.2, -0.15) is 0 Å². The fraction of sp³-hybridized carbons (Fsp3) is 0.188. The highest BCUT2D eigenvalue weighted by Crippen LogP contribution is 2.14. The summed E-state index contributed by atoms with van der Waals surface area (Å²) in [5.41, 5.74) is 4.17. The molecule has 0 aliphatic heterocycles. The molecule has 0 saturated carbocycles. The van der Waals surface area contributed by atoms with Gasteiger partial charge in [-0.15, -0.1) is 0 Å². The van der Waals surface area contributed by atoms with Gasteiger partial charge in [-0.25, -0.2) is 0 Å². The van der Waals surface area contributed by atoms with Crippen molar-refractivity contribution in [2.75, 3.05) is 0 Å². The Hall–Kier alpha value is -1.56. The van der Waals surface area contributed by atoms with E-state index < -0.39 is 0 Å². The van der Waals surface area contributed by atoms with Crippen molar-refractivity contribution in [3.8, 4) is 0 Å². The summed E-state index contributed by atoms with van der Waals surface area (Å²) in [7, 11) is 0. The lowest BCUT2D eigenvalue weighted by molar-refractivity contribution is 1.08. The highest BCUT2D eigenvalue weighted by atomic mass is 14.0. The van der Waals surface area contributed by atoms with Crippen molar-refractivity contribution >= 4 is 0 Å². The van der Waals surface area contributed by atoms with Crippen molar-refractivity contribution in [1.29, 1.82) is 0 Å². The standard InChI is InChI=1S/C16H17/c1-2-15-10-6-7-11-16(15)13-12-14-8-4-3-5-9-14/h3-11,13H,2,12H2,1H3. The molecule has 0 spiro atoms. The maximum absolute atomic E-state index is 2.31. The highest BCUT2D eigenvalue weighted by molar-refractivity contribution is 5.34. The van der Waals surface area contributed by atoms with Gasteiger partial charge in [0.2, 0.25) is 0 Å². The number of benzene rings is 2. The van der Waals surface area contributed by atoms with E-state index in [0.717, 1.165) is 12.8 Å². The summed E-state index contributed by atoms with van der Waals surface area (Å²) in [6.45, 7) is 2.20. The van der Waals surface area contributed by atoms with Gasteiger partial charge in [-0.05, 0) is 36.0 Å². The molecule has 0 bridgehead atoms. The molecule has 0 nitrogen and oxygen atoms in total. The lowest BCUT2D eigenvalue weighted by Crippen LogP contribution is -1.93. The molecular weight excluding hydrogens is 192 g/mol. The van der Waals surface area contributed by atoms with Gasteiger partial charge >= 0.3 is 0 Å². The Kier molecular flexibility index (Phi) is 3.76. The normalized spacial score (nSPS) is 10.3. The van der Waals surface area contributed by atoms with Crippen LogP contribution in [0.25, 0.3) is 0 Å². The van der Waals surface area contributed by atoms with Gasteiger partial charge in [-0.1, -0.05) is 61.5 Å². The Morgan fingerprint density at radius 3 is 2.31 bits per heavy atom. The second-order valence-corrected chi connectivity index (χ2v) is 3.95. The van der Waals surface area contributed by atoms with E-state index in [1.165, 1.54) is 16.7 Å². The lowest BCUT2D eigenvalue weighted by Gasteiger charge is -2.06. The van der Waals surface area contributed by atoms with Gasteiger partial charge in [0.15, 0.2) is 0 Å². The maximum Gasteiger partial charge on any atom is -0.00466 e. The maximum atomic E-state index is 2.31. The molecule has 2 aromatic rings. The van der Waals surface area contributed by atoms with Crippen LogP contribution in [0.15, 0.2) is 54.6 Å². The fourth-order valence-corrected chi connectivity index (χ4v) is 1.90. The third kappa shape index (κ3) is 2.73. The molecule has 0 amide bonds. The number of aryl methyl sites for hydroxylation is 1. The second-order valence-electron chi connectivity index (χ2n) is 3.95. The summed E-state index contributed by atoms with van der Waals surface area (Å²) < 4.78 is 0. The summed E-state index contributed by atoms with van der Waals surface area (Å²) in [6, 6.07) is 19.2. The molecule has 16 heavy (non-hydrogen) atoms. The first-order valence-corrected chi connectivity index (χ1v) is 5.85. The van der Waals surface area contributed by atoms with Crippen LogP contribution in [0.2, 0.25) is 0 Å². The number of hydrogen-bond acceptors (Lipinski definition) is 0. The molecule has 0 unspecified atom stereocenters. The molecule has 0 heterocycles. The molecule has 0 N–H and O–H groups in total. The van der Waals surface area contributed by atoms with E-state index in [-0.39, 0.29) is 0 Å². The first-order chi connectivity index (χ1) is 7.90. The van der Waals surface area contributed by atoms with Crippen LogP contribution in [0.3, 0.4) is 0 Å². The van der Waals surface area contributed by atoms with Crippen molar-refractivity contribution in [3.63, 3.8) is 0 Å². The van der Waals surface area contributed by atoms with E-state index in [1.54, 1.807) is 0 Å². The van der Waals surface area contributed by atoms with Crippen molar-refractivity contribution in [3.05, 3.63) is 77.7 Å². The van der Waals surface area contributed by atoms with E-state index in [2.05, 4.69) is 67.9 Å². The summed E-state index contributed by atoms with van der Waals surface area (Å²) in [4.78, 5) is 0. The number of rotatable bonds is 4. The van der Waals surface area contributed by atoms with Crippen molar-refractivity contribution in [2.45, 2.75) is 19.8 Å². The Labute approximate surface area is 97.9 Å². The summed E-state index contributed by atoms with van der Waals surface area (Å²) in [6.07, 6.45) is 4.42. The quantitative estimate of drug-likeness (QED) is 0.712. The monoisotopic (exact) mass is 209 g/mol. The lowest BCUT2D eigenvalue weighted by atomic mass is 9.98. The minimum absolute atomic E-state index is 1.01. The molecule has 0 aliphatic carbocycles. The molecule has 0 saturated heterocycles. The van der Waals surface area contributed by atoms with Crippen LogP contribution in [0.4, 0.5) is 0 Å². The van der Waals surface area contributed by atoms with Crippen LogP contribution >= 0.6 is 0 Å². The largest absolute Gasteiger partial charge is 0.0622 e. The first-order valence-electron chi connectivity index (χ1n) is 5.85. The molecule has 0 fully saturated rings. The van der Waals surface area contributed by atoms with Gasteiger partial charge in [0.25, 0.3) is 0 Å². The minimum atomic E-state index is 1.01. The predicted octanol–water partition coefficient (Wildman–Crippen LogP) is 4.04. The molecular formula is C16H17. The van der Waals surface area contributed by atoms with Crippen LogP contribution in [-0.4, -0.2) is 0 Å². The van der Waals surface area contributed by atoms with Gasteiger partial charge in [-0.3, -0.25) is 0 Å². The summed E-state index contributed by atoms with van der Waals surface area (Å²) >= 11 is 0. The molecule has 2 rings (SSSR count). The van der Waals surface area contributed by atoms with Crippen LogP contribution < -0.4 is 0 Å². The predicted molar refractivity (Wildman–Crippen MR) is 69.4 cm³/mol. The van der Waals surface area contributed by atoms with Gasteiger partial charge in [0.1, 0.15) is 0 Å². The zero-order valence-corrected chi connectivity index (χ0v) is 9.69. The van der Waals surface area contributed by atoms with E-state index in [9.17, 15) is 0 Å². The van der Waals surface area contributed by atoms with Crippen LogP contribution in [0, 0.1) is 6.42 Å². The highest BCUT2D eigenvalue weighted by Gasteiger charge is 2.00. The average molecular weight is 209 g/mol. The molecule has 2 aromatic carbocycles. The Bertz CT molecular complexity index is 429. The smallest absolute Gasteiger partial charge is 0.00466 e. The second kappa shape index (κ2) is 5.50. The van der Waals surface area contributed by atoms with Crippen LogP contribution in [0.5, 0.6) is 0 Å². The zero-order chi connectivity index (χ0) is 11.2. The van der Waals surface area contributed by atoms with Crippen LogP contribution in [-0.2, 0) is 12.8 Å². The van der Waals surface area contributed by atoms with E-state index in [0.29, 0.717) is 0 Å². The van der Waals surface area contributed by atoms with E-state index in [1.807, 2.05) is 0 Å². The first kappa shape index (κ1) is 10.9. The Balaban J connectivity index is 2.05. The average Bonchev–Trinajstić information content (AvgIpc) is 2.38. The molecule has 1 radical (unpaired) electrons. The number of hydrogen-bond donors (Lipinski definition) is 0. The summed E-state index contributed by atoms with van der Waals surface area (Å²) in [5, 5.41) is 0. The van der Waals surface area contributed by atoms with E-state index >= 15 is 0 Å². The van der Waals surface area contributed by atoms with Crippen molar-refractivity contribution < 1.29 is 0 Å². The molecule has 0 heteroatoms. The van der Waals surface area contributed by atoms with Crippen molar-refractivity contribution in [2.24, 2.45) is 0 Å². The SMILES string of the molecule is CCc1ccccc1[CH]Cc1ccccc1. The third-order valence-electron chi connectivity index (χ3n) is 2.84. The van der Waals surface area contributed by atoms with E-state index in [4.69, 9.17) is 0 Å². The summed E-state index contributed by atoms with van der Waals surface area (Å²) in [5.74, 6) is 0.